The van der Waals surface area contributed by atoms with Crippen LogP contribution < -0.4 is 16.2 Å². The van der Waals surface area contributed by atoms with Gasteiger partial charge >= 0.3 is 6.18 Å². The average molecular weight is 298 g/mol. The number of hydrogen-bond acceptors (Lipinski definition) is 5. The topological polar surface area (TPSA) is 87.0 Å². The van der Waals surface area contributed by atoms with E-state index < -0.39 is 17.6 Å². The van der Waals surface area contributed by atoms with Crippen LogP contribution in [0.3, 0.4) is 0 Å². The Labute approximate surface area is 118 Å². The molecule has 0 aliphatic carbocycles. The van der Waals surface area contributed by atoms with Crippen molar-refractivity contribution >= 4 is 11.5 Å². The van der Waals surface area contributed by atoms with Crippen LogP contribution >= 0.6 is 0 Å². The van der Waals surface area contributed by atoms with Crippen LogP contribution in [0.4, 0.5) is 24.7 Å². The Kier molecular flexibility index (Phi) is 3.88. The van der Waals surface area contributed by atoms with Gasteiger partial charge < -0.3 is 16.2 Å². The zero-order valence-corrected chi connectivity index (χ0v) is 11.1. The summed E-state index contributed by atoms with van der Waals surface area (Å²) in [4.78, 5) is 7.69. The molecule has 0 fully saturated rings. The van der Waals surface area contributed by atoms with Crippen LogP contribution in [0.15, 0.2) is 24.4 Å². The lowest BCUT2D eigenvalue weighted by atomic mass is 10.1. The van der Waals surface area contributed by atoms with E-state index in [9.17, 15) is 13.2 Å². The summed E-state index contributed by atoms with van der Waals surface area (Å²) in [5.74, 6) is -0.399. The van der Waals surface area contributed by atoms with Gasteiger partial charge in [-0.2, -0.15) is 13.2 Å². The summed E-state index contributed by atoms with van der Waals surface area (Å²) in [7, 11) is 0. The first-order valence-electron chi connectivity index (χ1n) is 6.06. The fraction of sp³-hybridized carbons (Fsp3) is 0.231. The number of nitrogens with zero attached hydrogens (tertiary/aromatic N) is 2. The van der Waals surface area contributed by atoms with E-state index in [-0.39, 0.29) is 23.8 Å². The van der Waals surface area contributed by atoms with Gasteiger partial charge in [-0.1, -0.05) is 0 Å². The van der Waals surface area contributed by atoms with E-state index in [2.05, 4.69) is 9.97 Å². The Morgan fingerprint density at radius 1 is 1.19 bits per heavy atom. The fourth-order valence-corrected chi connectivity index (χ4v) is 1.77. The highest BCUT2D eigenvalue weighted by Gasteiger charge is 2.35. The van der Waals surface area contributed by atoms with Crippen LogP contribution in [-0.4, -0.2) is 16.6 Å². The van der Waals surface area contributed by atoms with Crippen molar-refractivity contribution in [1.82, 2.24) is 9.97 Å². The van der Waals surface area contributed by atoms with Gasteiger partial charge in [-0.3, -0.25) is 0 Å². The van der Waals surface area contributed by atoms with Gasteiger partial charge in [-0.05, 0) is 25.1 Å². The molecule has 0 atom stereocenters. The van der Waals surface area contributed by atoms with E-state index in [1.54, 1.807) is 6.92 Å². The lowest BCUT2D eigenvalue weighted by Gasteiger charge is -2.14. The second-order valence-corrected chi connectivity index (χ2v) is 4.14. The van der Waals surface area contributed by atoms with Crippen LogP contribution in [0, 0.1) is 0 Å². The summed E-state index contributed by atoms with van der Waals surface area (Å²) in [5, 5.41) is 0. The Balaban J connectivity index is 2.57. The average Bonchev–Trinajstić information content (AvgIpc) is 2.41. The maximum absolute atomic E-state index is 12.9. The van der Waals surface area contributed by atoms with Gasteiger partial charge in [0.25, 0.3) is 0 Å². The Hall–Kier alpha value is -2.51. The molecule has 8 heteroatoms. The molecule has 0 aliphatic rings. The standard InChI is InChI=1S/C13H13F3N4O/c1-2-21-12-8(13(14,15)16)3-4-9(20-12)7-5-6-19-11(18)10(7)17/h3-6H,2,17H2,1H3,(H2,18,19). The van der Waals surface area contributed by atoms with Crippen molar-refractivity contribution in [3.05, 3.63) is 30.0 Å². The minimum atomic E-state index is -4.54. The number of halogens is 3. The molecular formula is C13H13F3N4O. The first kappa shape index (κ1) is 14.9. The minimum absolute atomic E-state index is 0.0630. The smallest absolute Gasteiger partial charge is 0.421 e. The summed E-state index contributed by atoms with van der Waals surface area (Å²) in [5.41, 5.74) is 11.2. The molecule has 0 aliphatic heterocycles. The number of alkyl halides is 3. The molecule has 112 valence electrons. The van der Waals surface area contributed by atoms with Crippen molar-refractivity contribution < 1.29 is 17.9 Å². The van der Waals surface area contributed by atoms with Crippen LogP contribution in [0.2, 0.25) is 0 Å². The molecule has 5 nitrogen and oxygen atoms in total. The number of hydrogen-bond donors (Lipinski definition) is 2. The summed E-state index contributed by atoms with van der Waals surface area (Å²) < 4.78 is 43.6. The summed E-state index contributed by atoms with van der Waals surface area (Å²) in [6.07, 6.45) is -3.14. The first-order chi connectivity index (χ1) is 9.84. The number of anilines is 2. The van der Waals surface area contributed by atoms with Gasteiger partial charge in [0.2, 0.25) is 5.88 Å². The summed E-state index contributed by atoms with van der Waals surface area (Å²) in [6, 6.07) is 3.65. The Morgan fingerprint density at radius 3 is 2.52 bits per heavy atom. The maximum Gasteiger partial charge on any atom is 0.421 e. The number of nitrogen functional groups attached to an aromatic ring is 2. The molecule has 2 heterocycles. The number of aromatic nitrogens is 2. The summed E-state index contributed by atoms with van der Waals surface area (Å²) >= 11 is 0. The number of nitrogens with two attached hydrogens (primary N) is 2. The SMILES string of the molecule is CCOc1nc(-c2ccnc(N)c2N)ccc1C(F)(F)F. The molecule has 0 spiro atoms. The lowest BCUT2D eigenvalue weighted by Crippen LogP contribution is -2.10. The molecule has 2 aromatic rings. The van der Waals surface area contributed by atoms with Crippen molar-refractivity contribution in [2.24, 2.45) is 0 Å². The molecule has 0 bridgehead atoms. The number of ether oxygens (including phenoxy) is 1. The van der Waals surface area contributed by atoms with E-state index in [0.29, 0.717) is 5.56 Å². The van der Waals surface area contributed by atoms with Crippen LogP contribution in [0.1, 0.15) is 12.5 Å². The second kappa shape index (κ2) is 5.47. The van der Waals surface area contributed by atoms with Gasteiger partial charge in [0.15, 0.2) is 0 Å². The van der Waals surface area contributed by atoms with Gasteiger partial charge in [0, 0.05) is 11.8 Å². The molecule has 0 saturated carbocycles. The molecule has 2 aromatic heterocycles. The van der Waals surface area contributed by atoms with Crippen molar-refractivity contribution in [2.45, 2.75) is 13.1 Å². The quantitative estimate of drug-likeness (QED) is 0.909. The largest absolute Gasteiger partial charge is 0.478 e. The number of rotatable bonds is 3. The van der Waals surface area contributed by atoms with Crippen molar-refractivity contribution in [3.63, 3.8) is 0 Å². The molecule has 0 saturated heterocycles. The van der Waals surface area contributed by atoms with E-state index in [0.717, 1.165) is 6.07 Å². The zero-order chi connectivity index (χ0) is 15.6. The molecular weight excluding hydrogens is 285 g/mol. The van der Waals surface area contributed by atoms with Gasteiger partial charge in [-0.25, -0.2) is 9.97 Å². The van der Waals surface area contributed by atoms with Crippen molar-refractivity contribution in [3.8, 4) is 17.1 Å². The van der Waals surface area contributed by atoms with E-state index in [1.165, 1.54) is 18.3 Å². The number of pyridine rings is 2. The third-order valence-corrected chi connectivity index (χ3v) is 2.74. The third kappa shape index (κ3) is 2.99. The van der Waals surface area contributed by atoms with E-state index >= 15 is 0 Å². The van der Waals surface area contributed by atoms with E-state index in [4.69, 9.17) is 16.2 Å². The van der Waals surface area contributed by atoms with Gasteiger partial charge in [-0.15, -0.1) is 0 Å². The maximum atomic E-state index is 12.9. The highest BCUT2D eigenvalue weighted by molar-refractivity contribution is 5.80. The molecule has 21 heavy (non-hydrogen) atoms. The molecule has 0 amide bonds. The Morgan fingerprint density at radius 2 is 1.90 bits per heavy atom. The minimum Gasteiger partial charge on any atom is -0.478 e. The fourth-order valence-electron chi connectivity index (χ4n) is 1.77. The normalized spacial score (nSPS) is 11.4. The molecule has 0 aromatic carbocycles. The van der Waals surface area contributed by atoms with Gasteiger partial charge in [0.1, 0.15) is 11.4 Å². The second-order valence-electron chi connectivity index (χ2n) is 4.14. The molecule has 0 radical (unpaired) electrons. The Bertz CT molecular complexity index is 658. The third-order valence-electron chi connectivity index (χ3n) is 2.74. The highest BCUT2D eigenvalue weighted by atomic mass is 19.4. The van der Waals surface area contributed by atoms with Crippen LogP contribution in [-0.2, 0) is 6.18 Å². The van der Waals surface area contributed by atoms with Crippen LogP contribution in [0.25, 0.3) is 11.3 Å². The first-order valence-corrected chi connectivity index (χ1v) is 6.06. The predicted molar refractivity (Wildman–Crippen MR) is 72.5 cm³/mol. The van der Waals surface area contributed by atoms with Crippen molar-refractivity contribution in [2.75, 3.05) is 18.1 Å². The zero-order valence-electron chi connectivity index (χ0n) is 11.1. The van der Waals surface area contributed by atoms with Crippen LogP contribution in [0.5, 0.6) is 5.88 Å². The predicted octanol–water partition coefficient (Wildman–Crippen LogP) is 2.73. The monoisotopic (exact) mass is 298 g/mol. The molecule has 4 N–H and O–H groups in total. The van der Waals surface area contributed by atoms with Gasteiger partial charge in [0.05, 0.1) is 18.0 Å². The highest BCUT2D eigenvalue weighted by Crippen LogP contribution is 2.37. The van der Waals surface area contributed by atoms with Crippen molar-refractivity contribution in [1.29, 1.82) is 0 Å². The van der Waals surface area contributed by atoms with E-state index in [1.807, 2.05) is 0 Å². The molecule has 2 rings (SSSR count). The molecule has 0 unspecified atom stereocenters. The lowest BCUT2D eigenvalue weighted by molar-refractivity contribution is -0.139. The summed E-state index contributed by atoms with van der Waals surface area (Å²) in [6.45, 7) is 1.64.